The summed E-state index contributed by atoms with van der Waals surface area (Å²) in [6.45, 7) is 5.69. The van der Waals surface area contributed by atoms with Crippen molar-refractivity contribution < 1.29 is 4.79 Å². The third-order valence-electron chi connectivity index (χ3n) is 6.31. The van der Waals surface area contributed by atoms with E-state index in [1.807, 2.05) is 60.7 Å². The number of amides is 1. The van der Waals surface area contributed by atoms with E-state index in [0.717, 1.165) is 34.4 Å². The summed E-state index contributed by atoms with van der Waals surface area (Å²) in [5, 5.41) is 13.8. The number of hydrogen-bond donors (Lipinski definition) is 1. The molecule has 0 spiro atoms. The van der Waals surface area contributed by atoms with Crippen LogP contribution in [0.4, 0.5) is 11.6 Å². The van der Waals surface area contributed by atoms with Gasteiger partial charge in [0.2, 0.25) is 11.7 Å². The van der Waals surface area contributed by atoms with Gasteiger partial charge in [-0.05, 0) is 37.1 Å². The number of anilines is 2. The highest BCUT2D eigenvalue weighted by Gasteiger charge is 2.23. The number of fused-ring (bicyclic) bond motifs is 3. The first-order valence-corrected chi connectivity index (χ1v) is 10.8. The molecular weight excluding hydrogens is 416 g/mol. The Hall–Kier alpha value is -4.19. The first kappa shape index (κ1) is 20.7. The predicted octanol–water partition coefficient (Wildman–Crippen LogP) is 2.91. The van der Waals surface area contributed by atoms with Crippen molar-refractivity contribution in [3.63, 3.8) is 0 Å². The van der Waals surface area contributed by atoms with Crippen molar-refractivity contribution in [3.8, 4) is 6.07 Å². The molecule has 0 aliphatic carbocycles. The summed E-state index contributed by atoms with van der Waals surface area (Å²) in [5.41, 5.74) is 3.52. The lowest BCUT2D eigenvalue weighted by Gasteiger charge is -2.32. The molecule has 1 unspecified atom stereocenters. The number of imidazole rings is 1. The summed E-state index contributed by atoms with van der Waals surface area (Å²) in [7, 11) is 1.82. The highest BCUT2D eigenvalue weighted by Crippen LogP contribution is 2.30. The number of carbonyl (C=O) groups excluding carboxylic acids is 1. The molecule has 0 saturated carbocycles. The molecule has 166 valence electrons. The average Bonchev–Trinajstić information content (AvgIpc) is 3.29. The number of nitriles is 1. The summed E-state index contributed by atoms with van der Waals surface area (Å²) in [5.74, 6) is 2.07. The number of likely N-dealkylation sites (N-methyl/N-ethyl adjacent to an activating group) is 1. The van der Waals surface area contributed by atoms with Gasteiger partial charge in [0.15, 0.2) is 0 Å². The molecule has 1 N–H and O–H groups in total. The number of nitrogens with zero attached hydrogens (tertiary/aromatic N) is 7. The topological polar surface area (TPSA) is 102 Å². The van der Waals surface area contributed by atoms with Crippen LogP contribution in [-0.2, 0) is 4.79 Å². The van der Waals surface area contributed by atoms with Gasteiger partial charge < -0.3 is 15.1 Å². The van der Waals surface area contributed by atoms with Crippen molar-refractivity contribution in [2.75, 3.05) is 36.9 Å². The number of pyridine rings is 1. The van der Waals surface area contributed by atoms with Crippen LogP contribution < -0.4 is 10.2 Å². The maximum absolute atomic E-state index is 12.2. The lowest BCUT2D eigenvalue weighted by Crippen LogP contribution is -2.48. The van der Waals surface area contributed by atoms with Crippen LogP contribution in [0.5, 0.6) is 0 Å². The summed E-state index contributed by atoms with van der Waals surface area (Å²) < 4.78 is 1.90. The summed E-state index contributed by atoms with van der Waals surface area (Å²) in [4.78, 5) is 29.7. The number of hydrogen-bond acceptors (Lipinski definition) is 7. The second-order valence-electron chi connectivity index (χ2n) is 8.35. The van der Waals surface area contributed by atoms with Gasteiger partial charge in [-0.15, -0.1) is 0 Å². The highest BCUT2D eigenvalue weighted by atomic mass is 16.2. The average molecular weight is 441 g/mol. The summed E-state index contributed by atoms with van der Waals surface area (Å²) >= 11 is 0. The molecule has 9 nitrogen and oxygen atoms in total. The second-order valence-corrected chi connectivity index (χ2v) is 8.35. The molecule has 1 aliphatic heterocycles. The van der Waals surface area contributed by atoms with Crippen LogP contribution in [0.3, 0.4) is 0 Å². The molecule has 9 heteroatoms. The van der Waals surface area contributed by atoms with Crippen molar-refractivity contribution >= 4 is 34.2 Å². The Morgan fingerprint density at radius 3 is 2.88 bits per heavy atom. The van der Waals surface area contributed by atoms with E-state index in [-0.39, 0.29) is 11.9 Å². The Balaban J connectivity index is 1.58. The van der Waals surface area contributed by atoms with E-state index in [4.69, 9.17) is 4.98 Å². The third kappa shape index (κ3) is 3.59. The van der Waals surface area contributed by atoms with Crippen LogP contribution in [0.1, 0.15) is 29.7 Å². The second kappa shape index (κ2) is 8.06. The quantitative estimate of drug-likeness (QED) is 0.520. The van der Waals surface area contributed by atoms with E-state index in [9.17, 15) is 10.1 Å². The molecule has 3 aromatic heterocycles. The predicted molar refractivity (Wildman–Crippen MR) is 126 cm³/mol. The SMILES string of the molecule is Cc1c(C#N)cccc1C(C)Nc1nc2nccn2c2cnc(N3CCN(C)C(=O)C3)cc12. The zero-order valence-electron chi connectivity index (χ0n) is 18.8. The van der Waals surface area contributed by atoms with E-state index in [2.05, 4.69) is 21.4 Å². The third-order valence-corrected chi connectivity index (χ3v) is 6.31. The minimum absolute atomic E-state index is 0.0751. The monoisotopic (exact) mass is 440 g/mol. The molecule has 1 saturated heterocycles. The number of rotatable bonds is 4. The number of carbonyl (C=O) groups is 1. The minimum atomic E-state index is -0.0896. The van der Waals surface area contributed by atoms with Crippen molar-refractivity contribution in [1.82, 2.24) is 24.3 Å². The van der Waals surface area contributed by atoms with E-state index in [0.29, 0.717) is 30.2 Å². The molecule has 1 atom stereocenters. The van der Waals surface area contributed by atoms with E-state index >= 15 is 0 Å². The van der Waals surface area contributed by atoms with Gasteiger partial charge in [0.25, 0.3) is 0 Å². The van der Waals surface area contributed by atoms with Crippen LogP contribution >= 0.6 is 0 Å². The number of benzene rings is 1. The minimum Gasteiger partial charge on any atom is -0.363 e. The molecular formula is C24H24N8O. The van der Waals surface area contributed by atoms with Crippen LogP contribution in [0.25, 0.3) is 16.7 Å². The standard InChI is InChI=1S/C24H24N8O/c1-15-17(12-25)5-4-6-18(15)16(2)28-23-19-11-21(31-10-9-30(3)22(33)14-31)27-13-20(19)32-8-7-26-24(32)29-23/h4-8,11,13,16H,9-10,14H2,1-3H3,(H,26,28,29). The van der Waals surface area contributed by atoms with E-state index in [1.165, 1.54) is 0 Å². The fourth-order valence-corrected chi connectivity index (χ4v) is 4.31. The zero-order valence-corrected chi connectivity index (χ0v) is 18.8. The lowest BCUT2D eigenvalue weighted by molar-refractivity contribution is -0.129. The van der Waals surface area contributed by atoms with E-state index in [1.54, 1.807) is 17.3 Å². The Kier molecular flexibility index (Phi) is 5.05. The molecule has 1 amide bonds. The van der Waals surface area contributed by atoms with Crippen molar-refractivity contribution in [2.45, 2.75) is 19.9 Å². The van der Waals surface area contributed by atoms with Crippen molar-refractivity contribution in [3.05, 3.63) is 59.5 Å². The van der Waals surface area contributed by atoms with Gasteiger partial charge in [-0.3, -0.25) is 9.20 Å². The molecule has 1 fully saturated rings. The molecule has 4 aromatic rings. The van der Waals surface area contributed by atoms with Crippen LogP contribution in [-0.4, -0.2) is 56.8 Å². The van der Waals surface area contributed by atoms with Gasteiger partial charge in [-0.1, -0.05) is 12.1 Å². The lowest BCUT2D eigenvalue weighted by atomic mass is 9.98. The Morgan fingerprint density at radius 1 is 1.24 bits per heavy atom. The van der Waals surface area contributed by atoms with Gasteiger partial charge >= 0.3 is 0 Å². The largest absolute Gasteiger partial charge is 0.363 e. The molecule has 0 bridgehead atoms. The van der Waals surface area contributed by atoms with Crippen molar-refractivity contribution in [1.29, 1.82) is 5.26 Å². The molecule has 4 heterocycles. The van der Waals surface area contributed by atoms with Gasteiger partial charge in [-0.2, -0.15) is 10.2 Å². The Morgan fingerprint density at radius 2 is 2.09 bits per heavy atom. The number of aromatic nitrogens is 4. The summed E-state index contributed by atoms with van der Waals surface area (Å²) in [6, 6.07) is 9.89. The summed E-state index contributed by atoms with van der Waals surface area (Å²) in [6.07, 6.45) is 5.38. The Labute approximate surface area is 191 Å². The van der Waals surface area contributed by atoms with Crippen molar-refractivity contribution in [2.24, 2.45) is 0 Å². The van der Waals surface area contributed by atoms with Crippen LogP contribution in [0.15, 0.2) is 42.9 Å². The Bertz CT molecular complexity index is 1420. The highest BCUT2D eigenvalue weighted by molar-refractivity contribution is 5.93. The molecule has 5 rings (SSSR count). The van der Waals surface area contributed by atoms with Gasteiger partial charge in [-0.25, -0.2) is 9.97 Å². The van der Waals surface area contributed by atoms with Crippen LogP contribution in [0.2, 0.25) is 0 Å². The molecule has 1 aliphatic rings. The fourth-order valence-electron chi connectivity index (χ4n) is 4.31. The molecule has 0 radical (unpaired) electrons. The molecule has 33 heavy (non-hydrogen) atoms. The molecule has 1 aromatic carbocycles. The maximum atomic E-state index is 12.2. The number of piperazine rings is 1. The normalized spacial score (nSPS) is 15.2. The first-order valence-electron chi connectivity index (χ1n) is 10.8. The first-order chi connectivity index (χ1) is 16.0. The van der Waals surface area contributed by atoms with Crippen LogP contribution in [0, 0.1) is 18.3 Å². The number of nitrogens with one attached hydrogen (secondary N) is 1. The van der Waals surface area contributed by atoms with E-state index < -0.39 is 0 Å². The van der Waals surface area contributed by atoms with Gasteiger partial charge in [0, 0.05) is 37.9 Å². The van der Waals surface area contributed by atoms with Gasteiger partial charge in [0.05, 0.1) is 35.9 Å². The smallest absolute Gasteiger partial charge is 0.241 e. The zero-order chi connectivity index (χ0) is 23.1. The van der Waals surface area contributed by atoms with Gasteiger partial charge in [0.1, 0.15) is 11.6 Å². The maximum Gasteiger partial charge on any atom is 0.241 e. The fraction of sp³-hybridized carbons (Fsp3) is 0.292.